The van der Waals surface area contributed by atoms with Crippen LogP contribution in [0.5, 0.6) is 5.75 Å². The highest BCUT2D eigenvalue weighted by Gasteiger charge is 2.20. The van der Waals surface area contributed by atoms with Crippen molar-refractivity contribution in [3.05, 3.63) is 71.8 Å². The van der Waals surface area contributed by atoms with Crippen molar-refractivity contribution in [3.8, 4) is 5.75 Å². The van der Waals surface area contributed by atoms with Crippen molar-refractivity contribution in [3.63, 3.8) is 0 Å². The molecule has 0 aromatic heterocycles. The van der Waals surface area contributed by atoms with E-state index in [4.69, 9.17) is 9.47 Å². The van der Waals surface area contributed by atoms with E-state index in [-0.39, 0.29) is 30.9 Å². The van der Waals surface area contributed by atoms with E-state index in [1.165, 1.54) is 6.08 Å². The zero-order valence-corrected chi connectivity index (χ0v) is 16.6. The van der Waals surface area contributed by atoms with Crippen molar-refractivity contribution in [2.75, 3.05) is 20.3 Å². The average molecular weight is 381 g/mol. The molecule has 0 saturated heterocycles. The molecular weight excluding hydrogens is 354 g/mol. The van der Waals surface area contributed by atoms with Gasteiger partial charge in [-0.05, 0) is 43.2 Å². The molecule has 0 aliphatic carbocycles. The molecule has 1 atom stereocenters. The van der Waals surface area contributed by atoms with Crippen LogP contribution in [0.1, 0.15) is 37.4 Å². The quantitative estimate of drug-likeness (QED) is 0.481. The SMILES string of the molecule is CCOC(=O)CCN(C(=O)/C=C/c1cccc(OC)c1)C(C)c1ccccc1. The van der Waals surface area contributed by atoms with Gasteiger partial charge in [0.25, 0.3) is 0 Å². The van der Waals surface area contributed by atoms with Crippen LogP contribution in [-0.2, 0) is 14.3 Å². The Kier molecular flexibility index (Phi) is 8.28. The summed E-state index contributed by atoms with van der Waals surface area (Å²) in [4.78, 5) is 26.4. The van der Waals surface area contributed by atoms with Crippen molar-refractivity contribution in [2.24, 2.45) is 0 Å². The zero-order chi connectivity index (χ0) is 20.4. The Hall–Kier alpha value is -3.08. The smallest absolute Gasteiger partial charge is 0.307 e. The van der Waals surface area contributed by atoms with Crippen molar-refractivity contribution in [1.82, 2.24) is 4.90 Å². The molecule has 0 spiro atoms. The second-order valence-electron chi connectivity index (χ2n) is 6.28. The van der Waals surface area contributed by atoms with Gasteiger partial charge in [0.05, 0.1) is 26.2 Å². The predicted molar refractivity (Wildman–Crippen MR) is 110 cm³/mol. The van der Waals surface area contributed by atoms with Crippen LogP contribution in [0.4, 0.5) is 0 Å². The van der Waals surface area contributed by atoms with Gasteiger partial charge in [0.1, 0.15) is 5.75 Å². The molecule has 2 rings (SSSR count). The molecule has 2 aromatic carbocycles. The van der Waals surface area contributed by atoms with E-state index in [0.717, 1.165) is 16.9 Å². The zero-order valence-electron chi connectivity index (χ0n) is 16.6. The van der Waals surface area contributed by atoms with Crippen molar-refractivity contribution < 1.29 is 19.1 Å². The van der Waals surface area contributed by atoms with Gasteiger partial charge in [0, 0.05) is 12.6 Å². The number of nitrogens with zero attached hydrogens (tertiary/aromatic N) is 1. The number of carbonyl (C=O) groups is 2. The van der Waals surface area contributed by atoms with Crippen LogP contribution in [0.2, 0.25) is 0 Å². The van der Waals surface area contributed by atoms with Crippen LogP contribution in [0.3, 0.4) is 0 Å². The molecule has 5 nitrogen and oxygen atoms in total. The maximum atomic E-state index is 12.9. The molecule has 148 valence electrons. The molecule has 28 heavy (non-hydrogen) atoms. The van der Waals surface area contributed by atoms with Gasteiger partial charge in [-0.3, -0.25) is 9.59 Å². The Labute approximate surface area is 166 Å². The first kappa shape index (κ1) is 21.2. The second-order valence-corrected chi connectivity index (χ2v) is 6.28. The van der Waals surface area contributed by atoms with Gasteiger partial charge < -0.3 is 14.4 Å². The highest BCUT2D eigenvalue weighted by Crippen LogP contribution is 2.21. The number of hydrogen-bond acceptors (Lipinski definition) is 4. The standard InChI is InChI=1S/C23H27NO4/c1-4-28-23(26)15-16-24(18(2)20-10-6-5-7-11-20)22(25)14-13-19-9-8-12-21(17-19)27-3/h5-14,17-18H,4,15-16H2,1-3H3/b14-13+. The Bertz CT molecular complexity index is 801. The predicted octanol–water partition coefficient (Wildman–Crippen LogP) is 4.25. The van der Waals surface area contributed by atoms with Gasteiger partial charge in [-0.1, -0.05) is 42.5 Å². The fraction of sp³-hybridized carbons (Fsp3) is 0.304. The van der Waals surface area contributed by atoms with E-state index in [9.17, 15) is 9.59 Å². The molecule has 0 radical (unpaired) electrons. The van der Waals surface area contributed by atoms with Crippen molar-refractivity contribution >= 4 is 18.0 Å². The molecule has 0 fully saturated rings. The number of esters is 1. The summed E-state index contributed by atoms with van der Waals surface area (Å²) < 4.78 is 10.2. The Balaban J connectivity index is 2.17. The summed E-state index contributed by atoms with van der Waals surface area (Å²) in [5, 5.41) is 0. The molecule has 0 aliphatic heterocycles. The number of carbonyl (C=O) groups excluding carboxylic acids is 2. The highest BCUT2D eigenvalue weighted by molar-refractivity contribution is 5.92. The van der Waals surface area contributed by atoms with E-state index in [0.29, 0.717) is 6.61 Å². The lowest BCUT2D eigenvalue weighted by Gasteiger charge is -2.28. The number of ether oxygens (including phenoxy) is 2. The van der Waals surface area contributed by atoms with Gasteiger partial charge in [0.2, 0.25) is 5.91 Å². The lowest BCUT2D eigenvalue weighted by molar-refractivity contribution is -0.144. The lowest BCUT2D eigenvalue weighted by Crippen LogP contribution is -2.34. The van der Waals surface area contributed by atoms with Gasteiger partial charge >= 0.3 is 5.97 Å². The third kappa shape index (κ3) is 6.27. The van der Waals surface area contributed by atoms with Crippen LogP contribution in [-0.4, -0.2) is 37.0 Å². The van der Waals surface area contributed by atoms with Crippen LogP contribution < -0.4 is 4.74 Å². The van der Waals surface area contributed by atoms with Crippen molar-refractivity contribution in [1.29, 1.82) is 0 Å². The molecule has 2 aromatic rings. The van der Waals surface area contributed by atoms with Gasteiger partial charge in [0.15, 0.2) is 0 Å². The summed E-state index contributed by atoms with van der Waals surface area (Å²) in [6.07, 6.45) is 3.43. The van der Waals surface area contributed by atoms with Gasteiger partial charge in [-0.15, -0.1) is 0 Å². The number of benzene rings is 2. The normalized spacial score (nSPS) is 11.8. The Morgan fingerprint density at radius 1 is 1.11 bits per heavy atom. The molecular formula is C23H27NO4. The third-order valence-corrected chi connectivity index (χ3v) is 4.41. The first-order chi connectivity index (χ1) is 13.5. The number of hydrogen-bond donors (Lipinski definition) is 0. The van der Waals surface area contributed by atoms with Crippen LogP contribution in [0.25, 0.3) is 6.08 Å². The van der Waals surface area contributed by atoms with E-state index in [2.05, 4.69) is 0 Å². The fourth-order valence-corrected chi connectivity index (χ4v) is 2.86. The summed E-state index contributed by atoms with van der Waals surface area (Å²) in [6, 6.07) is 17.1. The van der Waals surface area contributed by atoms with Gasteiger partial charge in [-0.2, -0.15) is 0 Å². The van der Waals surface area contributed by atoms with Crippen LogP contribution in [0.15, 0.2) is 60.7 Å². The molecule has 0 saturated carbocycles. The minimum absolute atomic E-state index is 0.157. The largest absolute Gasteiger partial charge is 0.497 e. The third-order valence-electron chi connectivity index (χ3n) is 4.41. The number of amides is 1. The summed E-state index contributed by atoms with van der Waals surface area (Å²) in [5.74, 6) is 0.257. The molecule has 0 bridgehead atoms. The van der Waals surface area contributed by atoms with E-state index < -0.39 is 0 Å². The van der Waals surface area contributed by atoms with Crippen molar-refractivity contribution in [2.45, 2.75) is 26.3 Å². The molecule has 1 unspecified atom stereocenters. The number of rotatable bonds is 9. The molecule has 0 N–H and O–H groups in total. The first-order valence-electron chi connectivity index (χ1n) is 9.38. The summed E-state index contributed by atoms with van der Waals surface area (Å²) in [5.41, 5.74) is 1.87. The monoisotopic (exact) mass is 381 g/mol. The first-order valence-corrected chi connectivity index (χ1v) is 9.38. The Morgan fingerprint density at radius 3 is 2.54 bits per heavy atom. The highest BCUT2D eigenvalue weighted by atomic mass is 16.5. The van der Waals surface area contributed by atoms with Gasteiger partial charge in [-0.25, -0.2) is 0 Å². The topological polar surface area (TPSA) is 55.8 Å². The van der Waals surface area contributed by atoms with E-state index in [1.54, 1.807) is 25.0 Å². The number of methoxy groups -OCH3 is 1. The average Bonchev–Trinajstić information content (AvgIpc) is 2.73. The fourth-order valence-electron chi connectivity index (χ4n) is 2.86. The maximum Gasteiger partial charge on any atom is 0.307 e. The van der Waals surface area contributed by atoms with Crippen LogP contribution in [0, 0.1) is 0 Å². The van der Waals surface area contributed by atoms with E-state index >= 15 is 0 Å². The Morgan fingerprint density at radius 2 is 1.86 bits per heavy atom. The summed E-state index contributed by atoms with van der Waals surface area (Å²) >= 11 is 0. The van der Waals surface area contributed by atoms with E-state index in [1.807, 2.05) is 61.5 Å². The minimum Gasteiger partial charge on any atom is -0.497 e. The summed E-state index contributed by atoms with van der Waals surface area (Å²) in [6.45, 7) is 4.34. The second kappa shape index (κ2) is 10.9. The lowest BCUT2D eigenvalue weighted by atomic mass is 10.1. The van der Waals surface area contributed by atoms with Crippen LogP contribution >= 0.6 is 0 Å². The molecule has 5 heteroatoms. The molecule has 0 aliphatic rings. The summed E-state index contributed by atoms with van der Waals surface area (Å²) in [7, 11) is 1.60. The maximum absolute atomic E-state index is 12.9. The molecule has 1 amide bonds. The minimum atomic E-state index is -0.308. The molecule has 0 heterocycles.